The normalized spacial score (nSPS) is 17.7. The molecule has 1 aliphatic heterocycles. The number of rotatable bonds is 4. The number of nitrogens with zero attached hydrogens (tertiary/aromatic N) is 2. The largest absolute Gasteiger partial charge is 0.371 e. The Balaban J connectivity index is 1.80. The van der Waals surface area contributed by atoms with E-state index in [9.17, 15) is 8.42 Å². The van der Waals surface area contributed by atoms with Crippen molar-refractivity contribution >= 4 is 33.1 Å². The number of anilines is 2. The first-order valence-corrected chi connectivity index (χ1v) is 11.0. The number of sulfone groups is 1. The van der Waals surface area contributed by atoms with Crippen molar-refractivity contribution in [2.24, 2.45) is 5.92 Å². The summed E-state index contributed by atoms with van der Waals surface area (Å²) < 4.78 is 28.4. The summed E-state index contributed by atoms with van der Waals surface area (Å²) in [6.07, 6.45) is 4.89. The molecule has 1 aromatic carbocycles. The molecule has 0 saturated heterocycles. The molecule has 27 heavy (non-hydrogen) atoms. The third-order valence-electron chi connectivity index (χ3n) is 5.48. The molecule has 0 atom stereocenters. The fraction of sp³-hybridized carbons (Fsp3) is 0.421. The van der Waals surface area contributed by atoms with E-state index in [1.807, 2.05) is 6.92 Å². The highest BCUT2D eigenvalue weighted by Gasteiger charge is 2.34. The zero-order chi connectivity index (χ0) is 19.2. The molecular weight excluding hydrogens is 384 g/mol. The third kappa shape index (κ3) is 3.12. The monoisotopic (exact) mass is 406 g/mol. The van der Waals surface area contributed by atoms with Gasteiger partial charge in [-0.05, 0) is 49.5 Å². The van der Waals surface area contributed by atoms with Crippen molar-refractivity contribution in [2.45, 2.75) is 48.9 Å². The van der Waals surface area contributed by atoms with Gasteiger partial charge in [-0.2, -0.15) is 5.10 Å². The van der Waals surface area contributed by atoms with Crippen molar-refractivity contribution in [1.29, 1.82) is 0 Å². The first-order valence-electron chi connectivity index (χ1n) is 9.17. The molecule has 8 heteroatoms. The molecule has 6 nitrogen and oxygen atoms in total. The molecule has 1 aliphatic carbocycles. The van der Waals surface area contributed by atoms with Gasteiger partial charge in [0.25, 0.3) is 0 Å². The van der Waals surface area contributed by atoms with Crippen molar-refractivity contribution in [3.63, 3.8) is 0 Å². The molecule has 4 rings (SSSR count). The lowest BCUT2D eigenvalue weighted by molar-refractivity contribution is 0.545. The predicted molar refractivity (Wildman–Crippen MR) is 107 cm³/mol. The van der Waals surface area contributed by atoms with E-state index in [4.69, 9.17) is 11.6 Å². The van der Waals surface area contributed by atoms with Gasteiger partial charge < -0.3 is 10.6 Å². The zero-order valence-corrected chi connectivity index (χ0v) is 17.0. The van der Waals surface area contributed by atoms with Crippen molar-refractivity contribution in [3.05, 3.63) is 40.6 Å². The van der Waals surface area contributed by atoms with E-state index in [0.29, 0.717) is 29.1 Å². The van der Waals surface area contributed by atoms with Crippen LogP contribution in [0.25, 0.3) is 0 Å². The van der Waals surface area contributed by atoms with Crippen LogP contribution >= 0.6 is 11.6 Å². The van der Waals surface area contributed by atoms with Crippen LogP contribution in [-0.2, 0) is 16.4 Å². The molecule has 1 saturated carbocycles. The maximum absolute atomic E-state index is 13.3. The van der Waals surface area contributed by atoms with Crippen LogP contribution in [0.4, 0.5) is 11.6 Å². The van der Waals surface area contributed by atoms with E-state index in [1.165, 1.54) is 37.3 Å². The molecule has 144 valence electrons. The minimum Gasteiger partial charge on any atom is -0.371 e. The van der Waals surface area contributed by atoms with Gasteiger partial charge in [0.05, 0.1) is 11.4 Å². The first kappa shape index (κ1) is 18.4. The predicted octanol–water partition coefficient (Wildman–Crippen LogP) is 4.30. The Hall–Kier alpha value is -1.99. The van der Waals surface area contributed by atoms with Gasteiger partial charge in [0.2, 0.25) is 9.84 Å². The van der Waals surface area contributed by atoms with Crippen LogP contribution < -0.4 is 10.6 Å². The Labute approximate surface area is 164 Å². The fourth-order valence-electron chi connectivity index (χ4n) is 4.10. The number of halogens is 1. The molecule has 0 amide bonds. The van der Waals surface area contributed by atoms with Crippen LogP contribution in [0.2, 0.25) is 5.02 Å². The topological polar surface area (TPSA) is 76.0 Å². The average Bonchev–Trinajstić information content (AvgIpc) is 3.28. The van der Waals surface area contributed by atoms with E-state index in [2.05, 4.69) is 15.7 Å². The summed E-state index contributed by atoms with van der Waals surface area (Å²) in [7, 11) is -2.09. The Morgan fingerprint density at radius 3 is 2.70 bits per heavy atom. The highest BCUT2D eigenvalue weighted by Crippen LogP contribution is 2.41. The summed E-state index contributed by atoms with van der Waals surface area (Å²) in [5.74, 6) is 1.41. The second-order valence-electron chi connectivity index (χ2n) is 7.15. The second-order valence-corrected chi connectivity index (χ2v) is 9.47. The second kappa shape index (κ2) is 6.87. The Kier molecular flexibility index (Phi) is 4.68. The summed E-state index contributed by atoms with van der Waals surface area (Å²) in [4.78, 5) is 0.324. The lowest BCUT2D eigenvalue weighted by atomic mass is 9.95. The van der Waals surface area contributed by atoms with Crippen molar-refractivity contribution < 1.29 is 8.42 Å². The number of hydrogen-bond donors (Lipinski definition) is 2. The smallest absolute Gasteiger partial charge is 0.214 e. The third-order valence-corrected chi connectivity index (χ3v) is 7.51. The van der Waals surface area contributed by atoms with Gasteiger partial charge in [-0.15, -0.1) is 0 Å². The maximum Gasteiger partial charge on any atom is 0.214 e. The van der Waals surface area contributed by atoms with E-state index in [0.717, 1.165) is 5.70 Å². The molecule has 2 aliphatic rings. The van der Waals surface area contributed by atoms with Crippen LogP contribution in [-0.4, -0.2) is 25.2 Å². The minimum atomic E-state index is -3.78. The number of nitrogens with one attached hydrogen (secondary N) is 2. The van der Waals surface area contributed by atoms with E-state index >= 15 is 0 Å². The van der Waals surface area contributed by atoms with Gasteiger partial charge in [0, 0.05) is 17.8 Å². The first-order chi connectivity index (χ1) is 12.9. The number of hydrogen-bond acceptors (Lipinski definition) is 5. The van der Waals surface area contributed by atoms with Gasteiger partial charge >= 0.3 is 0 Å². The molecule has 1 fully saturated rings. The number of aromatic nitrogens is 2. The van der Waals surface area contributed by atoms with Crippen molar-refractivity contribution in [1.82, 2.24) is 9.78 Å². The Morgan fingerprint density at radius 2 is 2.04 bits per heavy atom. The molecule has 1 aromatic heterocycles. The Morgan fingerprint density at radius 1 is 1.30 bits per heavy atom. The molecule has 2 heterocycles. The van der Waals surface area contributed by atoms with Crippen LogP contribution in [0.15, 0.2) is 45.3 Å². The molecule has 0 unspecified atom stereocenters. The van der Waals surface area contributed by atoms with Crippen molar-refractivity contribution in [3.8, 4) is 0 Å². The quantitative estimate of drug-likeness (QED) is 0.791. The van der Waals surface area contributed by atoms with Crippen LogP contribution in [0, 0.1) is 5.92 Å². The average molecular weight is 407 g/mol. The van der Waals surface area contributed by atoms with Crippen LogP contribution in [0.3, 0.4) is 0 Å². The number of allylic oxidation sites excluding steroid dienone is 2. The zero-order valence-electron chi connectivity index (χ0n) is 15.4. The summed E-state index contributed by atoms with van der Waals surface area (Å²) in [6.45, 7) is 2.65. The summed E-state index contributed by atoms with van der Waals surface area (Å²) in [5, 5.41) is 11.2. The van der Waals surface area contributed by atoms with Gasteiger partial charge in [0.1, 0.15) is 5.82 Å². The Bertz CT molecular complexity index is 1020. The molecule has 0 spiro atoms. The maximum atomic E-state index is 13.3. The SMILES string of the molecule is CNc1nn2c(c1S(=O)(=O)c1cccc(Cl)c1)NC(C)=C(C1CCCC1)C2. The molecule has 2 aromatic rings. The van der Waals surface area contributed by atoms with Gasteiger partial charge in [-0.3, -0.25) is 0 Å². The minimum absolute atomic E-state index is 0.160. The molecule has 0 bridgehead atoms. The van der Waals surface area contributed by atoms with Crippen molar-refractivity contribution in [2.75, 3.05) is 17.7 Å². The lowest BCUT2D eigenvalue weighted by Crippen LogP contribution is -2.22. The van der Waals surface area contributed by atoms with Gasteiger partial charge in [0.15, 0.2) is 10.7 Å². The lowest BCUT2D eigenvalue weighted by Gasteiger charge is -2.25. The number of fused-ring (bicyclic) bond motifs is 1. The number of benzene rings is 1. The molecule has 0 radical (unpaired) electrons. The highest BCUT2D eigenvalue weighted by molar-refractivity contribution is 7.91. The summed E-state index contributed by atoms with van der Waals surface area (Å²) in [6, 6.07) is 6.32. The van der Waals surface area contributed by atoms with Crippen LogP contribution in [0.5, 0.6) is 0 Å². The van der Waals surface area contributed by atoms with E-state index in [-0.39, 0.29) is 9.79 Å². The van der Waals surface area contributed by atoms with E-state index < -0.39 is 9.84 Å². The van der Waals surface area contributed by atoms with Gasteiger partial charge in [-0.1, -0.05) is 30.5 Å². The fourth-order valence-corrected chi connectivity index (χ4v) is 5.94. The summed E-state index contributed by atoms with van der Waals surface area (Å²) >= 11 is 6.02. The molecular formula is C19H23ClN4O2S. The highest BCUT2D eigenvalue weighted by atomic mass is 35.5. The van der Waals surface area contributed by atoms with Gasteiger partial charge in [-0.25, -0.2) is 13.1 Å². The molecule has 2 N–H and O–H groups in total. The van der Waals surface area contributed by atoms with E-state index in [1.54, 1.807) is 29.9 Å². The van der Waals surface area contributed by atoms with Crippen LogP contribution in [0.1, 0.15) is 32.6 Å². The summed E-state index contributed by atoms with van der Waals surface area (Å²) in [5.41, 5.74) is 2.37. The standard InChI is InChI=1S/C19H23ClN4O2S/c1-12-16(13-6-3-4-7-13)11-24-19(22-12)17(18(21-2)23-24)27(25,26)15-9-5-8-14(20)10-15/h5,8-10,13,22H,3-4,6-7,11H2,1-2H3,(H,21,23).